The lowest BCUT2D eigenvalue weighted by Crippen LogP contribution is -2.36. The summed E-state index contributed by atoms with van der Waals surface area (Å²) >= 11 is 0. The lowest BCUT2D eigenvalue weighted by atomic mass is 10.0. The zero-order valence-electron chi connectivity index (χ0n) is 11.0. The van der Waals surface area contributed by atoms with Gasteiger partial charge >= 0.3 is 0 Å². The third kappa shape index (κ3) is 2.12. The number of fused-ring (bicyclic) bond motifs is 1. The number of carbonyl (C=O) groups is 1. The van der Waals surface area contributed by atoms with Gasteiger partial charge in [-0.15, -0.1) is 0 Å². The third-order valence-electron chi connectivity index (χ3n) is 3.56. The van der Waals surface area contributed by atoms with Crippen molar-refractivity contribution in [3.8, 4) is 0 Å². The third-order valence-corrected chi connectivity index (χ3v) is 3.56. The van der Waals surface area contributed by atoms with Gasteiger partial charge in [0, 0.05) is 18.4 Å². The predicted octanol–water partition coefficient (Wildman–Crippen LogP) is 1.96. The second kappa shape index (κ2) is 5.30. The average Bonchev–Trinajstić information content (AvgIpc) is 2.53. The molecular formula is C15H16N4O. The molecule has 5 heteroatoms. The van der Waals surface area contributed by atoms with Gasteiger partial charge in [-0.3, -0.25) is 15.6 Å². The van der Waals surface area contributed by atoms with Crippen LogP contribution in [0.3, 0.4) is 0 Å². The van der Waals surface area contributed by atoms with E-state index in [2.05, 4.69) is 16.5 Å². The van der Waals surface area contributed by atoms with E-state index in [4.69, 9.17) is 5.84 Å². The maximum Gasteiger partial charge on any atom is 0.260 e. The highest BCUT2D eigenvalue weighted by atomic mass is 16.2. The summed E-state index contributed by atoms with van der Waals surface area (Å²) in [6.07, 6.45) is 5.14. The zero-order valence-corrected chi connectivity index (χ0v) is 11.0. The lowest BCUT2D eigenvalue weighted by Gasteiger charge is -2.29. The van der Waals surface area contributed by atoms with Crippen LogP contribution in [0.5, 0.6) is 0 Å². The van der Waals surface area contributed by atoms with E-state index in [0.29, 0.717) is 11.3 Å². The Bertz CT molecular complexity index is 641. The summed E-state index contributed by atoms with van der Waals surface area (Å²) in [6, 6.07) is 9.71. The molecule has 0 atom stereocenters. The molecule has 0 saturated carbocycles. The number of anilines is 2. The summed E-state index contributed by atoms with van der Waals surface area (Å²) in [5.41, 5.74) is 5.81. The number of para-hydroxylation sites is 1. The van der Waals surface area contributed by atoms with Crippen molar-refractivity contribution < 1.29 is 4.79 Å². The largest absolute Gasteiger partial charge is 0.322 e. The fourth-order valence-electron chi connectivity index (χ4n) is 2.59. The van der Waals surface area contributed by atoms with Crippen molar-refractivity contribution in [2.24, 2.45) is 5.84 Å². The smallest absolute Gasteiger partial charge is 0.260 e. The highest BCUT2D eigenvalue weighted by Crippen LogP contribution is 2.29. The van der Waals surface area contributed by atoms with Gasteiger partial charge in [-0.25, -0.2) is 0 Å². The van der Waals surface area contributed by atoms with Crippen molar-refractivity contribution in [1.82, 2.24) is 4.98 Å². The fraction of sp³-hybridized carbons (Fsp3) is 0.200. The quantitative estimate of drug-likeness (QED) is 0.645. The molecule has 0 aliphatic carbocycles. The molecule has 0 saturated heterocycles. The van der Waals surface area contributed by atoms with Gasteiger partial charge in [0.25, 0.3) is 5.91 Å². The number of aryl methyl sites for hydroxylation is 1. The van der Waals surface area contributed by atoms with Gasteiger partial charge in [-0.2, -0.15) is 0 Å². The Hall–Kier alpha value is -2.40. The molecule has 102 valence electrons. The van der Waals surface area contributed by atoms with Crippen LogP contribution < -0.4 is 16.2 Å². The molecule has 1 aromatic heterocycles. The van der Waals surface area contributed by atoms with E-state index in [-0.39, 0.29) is 5.91 Å². The van der Waals surface area contributed by atoms with E-state index >= 15 is 0 Å². The summed E-state index contributed by atoms with van der Waals surface area (Å²) in [5, 5.41) is 0. The Balaban J connectivity index is 2.00. The molecule has 1 aliphatic rings. The number of pyridine rings is 1. The number of amides is 1. The first kappa shape index (κ1) is 12.6. The Morgan fingerprint density at radius 2 is 2.15 bits per heavy atom. The minimum Gasteiger partial charge on any atom is -0.322 e. The zero-order chi connectivity index (χ0) is 13.9. The van der Waals surface area contributed by atoms with Crippen molar-refractivity contribution in [2.75, 3.05) is 16.9 Å². The Labute approximate surface area is 117 Å². The molecular weight excluding hydrogens is 252 g/mol. The monoisotopic (exact) mass is 268 g/mol. The number of hydrogen-bond donors (Lipinski definition) is 2. The van der Waals surface area contributed by atoms with E-state index in [9.17, 15) is 4.79 Å². The number of benzene rings is 1. The van der Waals surface area contributed by atoms with Crippen LogP contribution in [-0.4, -0.2) is 17.4 Å². The molecule has 5 nitrogen and oxygen atoms in total. The standard InChI is InChI=1S/C15H16N4O/c16-18-13-10-17-8-7-12(13)15(20)19-9-3-5-11-4-1-2-6-14(11)19/h1-2,4,6-8,10,18H,3,5,9,16H2. The van der Waals surface area contributed by atoms with Crippen molar-refractivity contribution in [3.63, 3.8) is 0 Å². The molecule has 0 unspecified atom stereocenters. The van der Waals surface area contributed by atoms with Crippen LogP contribution in [0.2, 0.25) is 0 Å². The van der Waals surface area contributed by atoms with Crippen LogP contribution in [0.15, 0.2) is 42.7 Å². The Kier molecular flexibility index (Phi) is 3.35. The van der Waals surface area contributed by atoms with E-state index in [1.165, 1.54) is 5.56 Å². The van der Waals surface area contributed by atoms with Crippen molar-refractivity contribution >= 4 is 17.3 Å². The van der Waals surface area contributed by atoms with E-state index in [1.807, 2.05) is 23.1 Å². The van der Waals surface area contributed by atoms with Gasteiger partial charge in [0.05, 0.1) is 17.4 Å². The van der Waals surface area contributed by atoms with Crippen molar-refractivity contribution in [2.45, 2.75) is 12.8 Å². The summed E-state index contributed by atoms with van der Waals surface area (Å²) in [7, 11) is 0. The van der Waals surface area contributed by atoms with Crippen LogP contribution in [-0.2, 0) is 6.42 Å². The minimum atomic E-state index is -0.0486. The number of carbonyl (C=O) groups excluding carboxylic acids is 1. The van der Waals surface area contributed by atoms with E-state index < -0.39 is 0 Å². The molecule has 0 fully saturated rings. The van der Waals surface area contributed by atoms with Gasteiger partial charge in [0.2, 0.25) is 0 Å². The Morgan fingerprint density at radius 1 is 1.30 bits per heavy atom. The summed E-state index contributed by atoms with van der Waals surface area (Å²) in [6.45, 7) is 0.724. The number of rotatable bonds is 2. The summed E-state index contributed by atoms with van der Waals surface area (Å²) < 4.78 is 0. The SMILES string of the molecule is NNc1cnccc1C(=O)N1CCCc2ccccc21. The predicted molar refractivity (Wildman–Crippen MR) is 78.5 cm³/mol. The van der Waals surface area contributed by atoms with Crippen LogP contribution in [0.1, 0.15) is 22.3 Å². The first-order chi connectivity index (χ1) is 9.81. The first-order valence-corrected chi connectivity index (χ1v) is 6.61. The number of nitrogen functional groups attached to an aromatic ring is 1. The van der Waals surface area contributed by atoms with Crippen LogP contribution in [0.4, 0.5) is 11.4 Å². The van der Waals surface area contributed by atoms with Crippen molar-refractivity contribution in [3.05, 3.63) is 53.9 Å². The number of nitrogens with zero attached hydrogens (tertiary/aromatic N) is 2. The van der Waals surface area contributed by atoms with Crippen LogP contribution in [0.25, 0.3) is 0 Å². The van der Waals surface area contributed by atoms with Gasteiger partial charge in [0.15, 0.2) is 0 Å². The molecule has 20 heavy (non-hydrogen) atoms. The second-order valence-electron chi connectivity index (χ2n) is 4.75. The van der Waals surface area contributed by atoms with Gasteiger partial charge in [0.1, 0.15) is 0 Å². The van der Waals surface area contributed by atoms with Gasteiger partial charge in [-0.05, 0) is 30.5 Å². The molecule has 3 N–H and O–H groups in total. The second-order valence-corrected chi connectivity index (χ2v) is 4.75. The molecule has 0 radical (unpaired) electrons. The average molecular weight is 268 g/mol. The minimum absolute atomic E-state index is 0.0486. The summed E-state index contributed by atoms with van der Waals surface area (Å²) in [5.74, 6) is 5.40. The molecule has 1 aromatic carbocycles. The van der Waals surface area contributed by atoms with Gasteiger partial charge in [-0.1, -0.05) is 18.2 Å². The summed E-state index contributed by atoms with van der Waals surface area (Å²) in [4.78, 5) is 18.5. The molecule has 1 amide bonds. The number of aromatic nitrogens is 1. The topological polar surface area (TPSA) is 71.2 Å². The maximum absolute atomic E-state index is 12.7. The van der Waals surface area contributed by atoms with E-state index in [1.54, 1.807) is 18.5 Å². The molecule has 0 bridgehead atoms. The number of nitrogens with one attached hydrogen (secondary N) is 1. The fourth-order valence-corrected chi connectivity index (χ4v) is 2.59. The normalized spacial score (nSPS) is 13.8. The van der Waals surface area contributed by atoms with Gasteiger partial charge < -0.3 is 10.3 Å². The number of hydrogen-bond acceptors (Lipinski definition) is 4. The van der Waals surface area contributed by atoms with Crippen LogP contribution >= 0.6 is 0 Å². The van der Waals surface area contributed by atoms with E-state index in [0.717, 1.165) is 25.1 Å². The molecule has 3 rings (SSSR count). The number of hydrazine groups is 1. The molecule has 2 aromatic rings. The molecule has 2 heterocycles. The molecule has 1 aliphatic heterocycles. The highest BCUT2D eigenvalue weighted by molar-refractivity contribution is 6.09. The maximum atomic E-state index is 12.7. The first-order valence-electron chi connectivity index (χ1n) is 6.61. The lowest BCUT2D eigenvalue weighted by molar-refractivity contribution is 0.0986. The van der Waals surface area contributed by atoms with Crippen LogP contribution in [0, 0.1) is 0 Å². The number of nitrogens with two attached hydrogens (primary N) is 1. The highest BCUT2D eigenvalue weighted by Gasteiger charge is 2.24. The van der Waals surface area contributed by atoms with Crippen molar-refractivity contribution in [1.29, 1.82) is 0 Å². The Morgan fingerprint density at radius 3 is 3.00 bits per heavy atom. The molecule has 0 spiro atoms.